The summed E-state index contributed by atoms with van der Waals surface area (Å²) >= 11 is 0. The van der Waals surface area contributed by atoms with Gasteiger partial charge < -0.3 is 4.90 Å². The van der Waals surface area contributed by atoms with E-state index in [0.29, 0.717) is 5.56 Å². The number of amides is 1. The van der Waals surface area contributed by atoms with Gasteiger partial charge in [0.15, 0.2) is 0 Å². The number of rotatable bonds is 1. The van der Waals surface area contributed by atoms with Crippen LogP contribution in [0.3, 0.4) is 0 Å². The Labute approximate surface area is 138 Å². The van der Waals surface area contributed by atoms with Crippen LogP contribution in [0.5, 0.6) is 0 Å². The van der Waals surface area contributed by atoms with Crippen LogP contribution >= 0.6 is 0 Å². The van der Waals surface area contributed by atoms with E-state index >= 15 is 0 Å². The first-order valence-electron chi connectivity index (χ1n) is 7.54. The first-order chi connectivity index (χ1) is 11.8. The van der Waals surface area contributed by atoms with Gasteiger partial charge in [-0.25, -0.2) is 4.68 Å². The van der Waals surface area contributed by atoms with Crippen LogP contribution in [0, 0.1) is 11.3 Å². The molecular weight excluding hydrogens is 302 g/mol. The van der Waals surface area contributed by atoms with Crippen LogP contribution in [0.4, 0.5) is 0 Å². The second kappa shape index (κ2) is 5.63. The number of fused-ring (bicyclic) bond motifs is 3. The first-order valence-corrected chi connectivity index (χ1v) is 7.54. The maximum absolute atomic E-state index is 13.0. The Bertz CT molecular complexity index is 941. The largest absolute Gasteiger partial charge is 0.312 e. The van der Waals surface area contributed by atoms with E-state index in [1.807, 2.05) is 42.5 Å². The van der Waals surface area contributed by atoms with E-state index < -0.39 is 6.04 Å². The smallest absolute Gasteiger partial charge is 0.255 e. The van der Waals surface area contributed by atoms with Crippen LogP contribution in [0.25, 0.3) is 5.69 Å². The predicted molar refractivity (Wildman–Crippen MR) is 86.0 cm³/mol. The van der Waals surface area contributed by atoms with Crippen molar-refractivity contribution in [2.24, 2.45) is 0 Å². The summed E-state index contributed by atoms with van der Waals surface area (Å²) in [5, 5.41) is 17.8. The topological polar surface area (TPSA) is 74.8 Å². The molecule has 24 heavy (non-hydrogen) atoms. The van der Waals surface area contributed by atoms with Crippen molar-refractivity contribution < 1.29 is 4.79 Å². The fourth-order valence-electron chi connectivity index (χ4n) is 2.99. The summed E-state index contributed by atoms with van der Waals surface area (Å²) in [6.45, 7) is 0.271. The minimum Gasteiger partial charge on any atom is -0.312 e. The van der Waals surface area contributed by atoms with Crippen molar-refractivity contribution in [1.29, 1.82) is 5.26 Å². The highest BCUT2D eigenvalue weighted by Crippen LogP contribution is 2.32. The van der Waals surface area contributed by atoms with Crippen molar-refractivity contribution in [1.82, 2.24) is 19.9 Å². The van der Waals surface area contributed by atoms with E-state index in [9.17, 15) is 10.1 Å². The molecule has 0 saturated carbocycles. The molecule has 1 unspecified atom stereocenters. The molecule has 1 aliphatic rings. The van der Waals surface area contributed by atoms with Crippen LogP contribution in [-0.4, -0.2) is 25.8 Å². The summed E-state index contributed by atoms with van der Waals surface area (Å²) in [5.41, 5.74) is 2.84. The lowest BCUT2D eigenvalue weighted by atomic mass is 10.0. The van der Waals surface area contributed by atoms with Gasteiger partial charge in [0, 0.05) is 11.1 Å². The molecule has 2 heterocycles. The van der Waals surface area contributed by atoms with Gasteiger partial charge in [-0.1, -0.05) is 41.6 Å². The standard InChI is InChI=1S/C18H13N5O/c19-10-17-15-8-4-5-9-16(15)23-14(11-20-21-23)12-22(17)18(24)13-6-2-1-3-7-13/h1-9,11,17H,12H2. The van der Waals surface area contributed by atoms with Crippen molar-refractivity contribution in [3.8, 4) is 11.8 Å². The predicted octanol–water partition coefficient (Wildman–Crippen LogP) is 2.49. The van der Waals surface area contributed by atoms with Crippen LogP contribution in [0.15, 0.2) is 60.8 Å². The Balaban J connectivity index is 1.88. The van der Waals surface area contributed by atoms with Crippen molar-refractivity contribution >= 4 is 5.91 Å². The molecule has 1 aliphatic heterocycles. The van der Waals surface area contributed by atoms with Crippen LogP contribution in [-0.2, 0) is 6.54 Å². The third kappa shape index (κ3) is 2.15. The number of nitrogens with zero attached hydrogens (tertiary/aromatic N) is 5. The number of benzene rings is 2. The lowest BCUT2D eigenvalue weighted by molar-refractivity contribution is 0.0702. The monoisotopic (exact) mass is 315 g/mol. The van der Waals surface area contributed by atoms with Crippen molar-refractivity contribution in [3.05, 3.63) is 77.6 Å². The molecule has 0 bridgehead atoms. The highest BCUT2D eigenvalue weighted by atomic mass is 16.2. The van der Waals surface area contributed by atoms with Gasteiger partial charge >= 0.3 is 0 Å². The fourth-order valence-corrected chi connectivity index (χ4v) is 2.99. The average Bonchev–Trinajstić information content (AvgIpc) is 3.05. The van der Waals surface area contributed by atoms with Crippen LogP contribution in [0.1, 0.15) is 27.7 Å². The van der Waals surface area contributed by atoms with E-state index in [1.54, 1.807) is 27.9 Å². The molecule has 0 saturated heterocycles. The molecule has 1 amide bonds. The molecule has 1 aromatic heterocycles. The normalized spacial score (nSPS) is 15.8. The summed E-state index contributed by atoms with van der Waals surface area (Å²) in [4.78, 5) is 14.6. The van der Waals surface area contributed by atoms with Crippen LogP contribution < -0.4 is 0 Å². The van der Waals surface area contributed by atoms with Gasteiger partial charge in [-0.2, -0.15) is 5.26 Å². The number of hydrogen-bond acceptors (Lipinski definition) is 4. The van der Waals surface area contributed by atoms with Crippen molar-refractivity contribution in [3.63, 3.8) is 0 Å². The molecule has 0 fully saturated rings. The molecule has 2 aromatic carbocycles. The summed E-state index contributed by atoms with van der Waals surface area (Å²) < 4.78 is 1.69. The molecule has 0 spiro atoms. The number of aromatic nitrogens is 3. The number of nitriles is 1. The molecule has 0 aliphatic carbocycles. The zero-order chi connectivity index (χ0) is 16.5. The number of carbonyl (C=O) groups is 1. The highest BCUT2D eigenvalue weighted by molar-refractivity contribution is 5.94. The average molecular weight is 315 g/mol. The second-order valence-corrected chi connectivity index (χ2v) is 5.53. The van der Waals surface area contributed by atoms with E-state index in [0.717, 1.165) is 16.9 Å². The molecule has 116 valence electrons. The quantitative estimate of drug-likeness (QED) is 0.691. The molecule has 0 radical (unpaired) electrons. The van der Waals surface area contributed by atoms with Gasteiger partial charge in [0.05, 0.1) is 30.2 Å². The SMILES string of the molecule is N#CC1c2ccccc2-n2nncc2CN1C(=O)c1ccccc1. The van der Waals surface area contributed by atoms with E-state index in [4.69, 9.17) is 0 Å². The lowest BCUT2D eigenvalue weighted by Gasteiger charge is -2.25. The van der Waals surface area contributed by atoms with Gasteiger partial charge in [0.1, 0.15) is 6.04 Å². The second-order valence-electron chi connectivity index (χ2n) is 5.53. The third-order valence-electron chi connectivity index (χ3n) is 4.13. The zero-order valence-electron chi connectivity index (χ0n) is 12.7. The van der Waals surface area contributed by atoms with Gasteiger partial charge in [-0.05, 0) is 18.2 Å². The summed E-state index contributed by atoms with van der Waals surface area (Å²) in [5.74, 6) is -0.188. The summed E-state index contributed by atoms with van der Waals surface area (Å²) in [6, 6.07) is 18.0. The number of carbonyl (C=O) groups excluding carboxylic acids is 1. The Kier molecular flexibility index (Phi) is 3.32. The maximum atomic E-state index is 13.0. The Morgan fingerprint density at radius 2 is 1.88 bits per heavy atom. The number of para-hydroxylation sites is 1. The van der Waals surface area contributed by atoms with E-state index in [-0.39, 0.29) is 12.5 Å². The Hall–Kier alpha value is -3.46. The molecular formula is C18H13N5O. The van der Waals surface area contributed by atoms with Crippen LogP contribution in [0.2, 0.25) is 0 Å². The van der Waals surface area contributed by atoms with Crippen molar-refractivity contribution in [2.75, 3.05) is 0 Å². The minimum absolute atomic E-state index is 0.188. The molecule has 6 nitrogen and oxygen atoms in total. The molecule has 1 atom stereocenters. The van der Waals surface area contributed by atoms with Crippen molar-refractivity contribution in [2.45, 2.75) is 12.6 Å². The maximum Gasteiger partial charge on any atom is 0.255 e. The fraction of sp³-hybridized carbons (Fsp3) is 0.111. The van der Waals surface area contributed by atoms with Gasteiger partial charge in [-0.3, -0.25) is 4.79 Å². The number of hydrogen-bond donors (Lipinski definition) is 0. The van der Waals surface area contributed by atoms with Gasteiger partial charge in [0.25, 0.3) is 5.91 Å². The molecule has 0 N–H and O–H groups in total. The highest BCUT2D eigenvalue weighted by Gasteiger charge is 2.32. The summed E-state index contributed by atoms with van der Waals surface area (Å²) in [7, 11) is 0. The Morgan fingerprint density at radius 3 is 2.67 bits per heavy atom. The van der Waals surface area contributed by atoms with E-state index in [1.165, 1.54) is 0 Å². The lowest BCUT2D eigenvalue weighted by Crippen LogP contribution is -2.33. The Morgan fingerprint density at radius 1 is 1.12 bits per heavy atom. The van der Waals surface area contributed by atoms with E-state index in [2.05, 4.69) is 16.4 Å². The molecule has 6 heteroatoms. The third-order valence-corrected chi connectivity index (χ3v) is 4.13. The molecule has 3 aromatic rings. The van der Waals surface area contributed by atoms with Gasteiger partial charge in [0.2, 0.25) is 0 Å². The molecule has 4 rings (SSSR count). The summed E-state index contributed by atoms with van der Waals surface area (Å²) in [6.07, 6.45) is 1.63. The minimum atomic E-state index is -0.685. The first kappa shape index (κ1) is 14.2. The zero-order valence-corrected chi connectivity index (χ0v) is 12.7. The van der Waals surface area contributed by atoms with Gasteiger partial charge in [-0.15, -0.1) is 5.10 Å².